The molecule has 100 valence electrons. The molecule has 18 heavy (non-hydrogen) atoms. The maximum atomic E-state index is 5.74. The van der Waals surface area contributed by atoms with Crippen molar-refractivity contribution in [2.75, 3.05) is 24.6 Å². The second kappa shape index (κ2) is 6.55. The molecule has 1 saturated heterocycles. The van der Waals surface area contributed by atoms with Gasteiger partial charge in [-0.2, -0.15) is 0 Å². The standard InChI is InChI=1S/C14H21BrN2O/c1-2-18-12-4-3-7-17(10-12)14-6-5-11(9-16)8-13(14)15/h5-6,8,12H,2-4,7,9-10,16H2,1H3. The van der Waals surface area contributed by atoms with Gasteiger partial charge in [0.2, 0.25) is 0 Å². The van der Waals surface area contributed by atoms with E-state index >= 15 is 0 Å². The molecule has 1 aliphatic heterocycles. The zero-order valence-electron chi connectivity index (χ0n) is 10.9. The molecule has 0 aromatic heterocycles. The number of nitrogens with two attached hydrogens (primary N) is 1. The highest BCUT2D eigenvalue weighted by Gasteiger charge is 2.21. The van der Waals surface area contributed by atoms with Gasteiger partial charge in [0.15, 0.2) is 0 Å². The van der Waals surface area contributed by atoms with Gasteiger partial charge in [0, 0.05) is 30.7 Å². The molecule has 0 aliphatic carbocycles. The van der Waals surface area contributed by atoms with Crippen molar-refractivity contribution in [2.45, 2.75) is 32.4 Å². The molecule has 0 bridgehead atoms. The number of ether oxygens (including phenoxy) is 1. The highest BCUT2D eigenvalue weighted by molar-refractivity contribution is 9.10. The van der Waals surface area contributed by atoms with Gasteiger partial charge in [0.25, 0.3) is 0 Å². The van der Waals surface area contributed by atoms with Crippen molar-refractivity contribution in [2.24, 2.45) is 5.73 Å². The first-order valence-corrected chi connectivity index (χ1v) is 7.39. The molecule has 3 nitrogen and oxygen atoms in total. The average Bonchev–Trinajstić information content (AvgIpc) is 2.39. The Bertz CT molecular complexity index is 395. The Hall–Kier alpha value is -0.580. The summed E-state index contributed by atoms with van der Waals surface area (Å²) in [4.78, 5) is 2.40. The van der Waals surface area contributed by atoms with E-state index in [2.05, 4.69) is 46.0 Å². The summed E-state index contributed by atoms with van der Waals surface area (Å²) in [5.41, 5.74) is 8.06. The lowest BCUT2D eigenvalue weighted by Crippen LogP contribution is -2.39. The Labute approximate surface area is 117 Å². The van der Waals surface area contributed by atoms with Crippen LogP contribution in [-0.4, -0.2) is 25.8 Å². The third-order valence-corrected chi connectivity index (χ3v) is 4.00. The zero-order chi connectivity index (χ0) is 13.0. The zero-order valence-corrected chi connectivity index (χ0v) is 12.4. The van der Waals surface area contributed by atoms with Crippen LogP contribution in [0.2, 0.25) is 0 Å². The first kappa shape index (κ1) is 13.8. The maximum Gasteiger partial charge on any atom is 0.0750 e. The van der Waals surface area contributed by atoms with E-state index in [0.717, 1.165) is 29.7 Å². The Morgan fingerprint density at radius 2 is 2.33 bits per heavy atom. The molecule has 0 spiro atoms. The summed E-state index contributed by atoms with van der Waals surface area (Å²) in [5, 5.41) is 0. The van der Waals surface area contributed by atoms with Gasteiger partial charge in [-0.15, -0.1) is 0 Å². The summed E-state index contributed by atoms with van der Waals surface area (Å²) in [7, 11) is 0. The Morgan fingerprint density at radius 1 is 1.50 bits per heavy atom. The number of hydrogen-bond donors (Lipinski definition) is 1. The second-order valence-corrected chi connectivity index (χ2v) is 5.51. The van der Waals surface area contributed by atoms with E-state index in [9.17, 15) is 0 Å². The summed E-state index contributed by atoms with van der Waals surface area (Å²) in [5.74, 6) is 0. The van der Waals surface area contributed by atoms with E-state index < -0.39 is 0 Å². The van der Waals surface area contributed by atoms with E-state index in [1.54, 1.807) is 0 Å². The Balaban J connectivity index is 2.10. The molecule has 1 aromatic carbocycles. The Morgan fingerprint density at radius 3 is 3.00 bits per heavy atom. The molecule has 0 amide bonds. The van der Waals surface area contributed by atoms with Crippen LogP contribution in [-0.2, 0) is 11.3 Å². The normalized spacial score (nSPS) is 20.2. The van der Waals surface area contributed by atoms with Crippen molar-refractivity contribution in [1.82, 2.24) is 0 Å². The molecule has 1 atom stereocenters. The molecule has 1 fully saturated rings. The summed E-state index contributed by atoms with van der Waals surface area (Å²) in [6, 6.07) is 6.37. The van der Waals surface area contributed by atoms with Gasteiger partial charge in [-0.25, -0.2) is 0 Å². The average molecular weight is 313 g/mol. The van der Waals surface area contributed by atoms with E-state index in [1.165, 1.54) is 18.5 Å². The second-order valence-electron chi connectivity index (χ2n) is 4.66. The van der Waals surface area contributed by atoms with E-state index in [-0.39, 0.29) is 0 Å². The Kier molecular flexibility index (Phi) is 5.03. The highest BCUT2D eigenvalue weighted by Crippen LogP contribution is 2.30. The lowest BCUT2D eigenvalue weighted by molar-refractivity contribution is 0.0526. The summed E-state index contributed by atoms with van der Waals surface area (Å²) < 4.78 is 6.87. The number of piperidine rings is 1. The van der Waals surface area contributed by atoms with Crippen molar-refractivity contribution in [3.63, 3.8) is 0 Å². The van der Waals surface area contributed by atoms with E-state index in [4.69, 9.17) is 10.5 Å². The van der Waals surface area contributed by atoms with Gasteiger partial charge in [-0.05, 0) is 53.4 Å². The van der Waals surface area contributed by atoms with Crippen molar-refractivity contribution >= 4 is 21.6 Å². The number of nitrogens with zero attached hydrogens (tertiary/aromatic N) is 1. The highest BCUT2D eigenvalue weighted by atomic mass is 79.9. The summed E-state index contributed by atoms with van der Waals surface area (Å²) in [6.07, 6.45) is 2.73. The van der Waals surface area contributed by atoms with Crippen LogP contribution in [0, 0.1) is 0 Å². The maximum absolute atomic E-state index is 5.74. The predicted octanol–water partition coefficient (Wildman–Crippen LogP) is 2.91. The van der Waals surface area contributed by atoms with Crippen LogP contribution in [0.3, 0.4) is 0 Å². The number of hydrogen-bond acceptors (Lipinski definition) is 3. The lowest BCUT2D eigenvalue weighted by Gasteiger charge is -2.34. The first-order valence-electron chi connectivity index (χ1n) is 6.59. The number of anilines is 1. The third kappa shape index (κ3) is 3.25. The van der Waals surface area contributed by atoms with E-state index in [1.807, 2.05) is 0 Å². The fourth-order valence-corrected chi connectivity index (χ4v) is 3.14. The molecule has 1 aromatic rings. The molecular weight excluding hydrogens is 292 g/mol. The largest absolute Gasteiger partial charge is 0.377 e. The first-order chi connectivity index (χ1) is 8.74. The van der Waals surface area contributed by atoms with Gasteiger partial charge in [-0.1, -0.05) is 6.07 Å². The summed E-state index contributed by atoms with van der Waals surface area (Å²) >= 11 is 3.64. The molecule has 1 heterocycles. The monoisotopic (exact) mass is 312 g/mol. The van der Waals surface area contributed by atoms with Crippen LogP contribution in [0.4, 0.5) is 5.69 Å². The van der Waals surface area contributed by atoms with Gasteiger partial charge in [0.05, 0.1) is 11.8 Å². The quantitative estimate of drug-likeness (QED) is 0.929. The van der Waals surface area contributed by atoms with Gasteiger partial charge >= 0.3 is 0 Å². The molecule has 1 aliphatic rings. The minimum absolute atomic E-state index is 0.366. The molecular formula is C14H21BrN2O. The van der Waals surface area contributed by atoms with Crippen molar-refractivity contribution in [3.8, 4) is 0 Å². The molecule has 4 heteroatoms. The van der Waals surface area contributed by atoms with E-state index in [0.29, 0.717) is 12.6 Å². The van der Waals surface area contributed by atoms with Gasteiger partial charge in [0.1, 0.15) is 0 Å². The predicted molar refractivity (Wildman–Crippen MR) is 78.9 cm³/mol. The molecule has 2 rings (SSSR count). The molecule has 2 N–H and O–H groups in total. The number of benzene rings is 1. The number of halogens is 1. The van der Waals surface area contributed by atoms with Crippen molar-refractivity contribution in [1.29, 1.82) is 0 Å². The van der Waals surface area contributed by atoms with Crippen LogP contribution in [0.5, 0.6) is 0 Å². The fourth-order valence-electron chi connectivity index (χ4n) is 2.46. The summed E-state index contributed by atoms with van der Waals surface area (Å²) in [6.45, 7) is 5.52. The van der Waals surface area contributed by atoms with Crippen LogP contribution >= 0.6 is 15.9 Å². The van der Waals surface area contributed by atoms with Crippen LogP contribution in [0.25, 0.3) is 0 Å². The van der Waals surface area contributed by atoms with Crippen molar-refractivity contribution in [3.05, 3.63) is 28.2 Å². The van der Waals surface area contributed by atoms with Crippen molar-refractivity contribution < 1.29 is 4.74 Å². The third-order valence-electron chi connectivity index (χ3n) is 3.37. The topological polar surface area (TPSA) is 38.5 Å². The smallest absolute Gasteiger partial charge is 0.0750 e. The van der Waals surface area contributed by atoms with Crippen LogP contribution in [0.1, 0.15) is 25.3 Å². The lowest BCUT2D eigenvalue weighted by atomic mass is 10.1. The molecule has 0 radical (unpaired) electrons. The molecule has 0 saturated carbocycles. The SMILES string of the molecule is CCOC1CCCN(c2ccc(CN)cc2Br)C1. The fraction of sp³-hybridized carbons (Fsp3) is 0.571. The minimum atomic E-state index is 0.366. The van der Waals surface area contributed by atoms with Gasteiger partial charge < -0.3 is 15.4 Å². The van der Waals surface area contributed by atoms with Gasteiger partial charge in [-0.3, -0.25) is 0 Å². The van der Waals surface area contributed by atoms with Crippen LogP contribution < -0.4 is 10.6 Å². The number of rotatable bonds is 4. The minimum Gasteiger partial charge on any atom is -0.377 e. The molecule has 1 unspecified atom stereocenters. The van der Waals surface area contributed by atoms with Crippen LogP contribution in [0.15, 0.2) is 22.7 Å².